The van der Waals surface area contributed by atoms with Crippen LogP contribution in [0, 0.1) is 0 Å². The van der Waals surface area contributed by atoms with E-state index in [-0.39, 0.29) is 11.8 Å². The van der Waals surface area contributed by atoms with Crippen molar-refractivity contribution >= 4 is 17.1 Å². The number of carbonyl (C=O) groups is 1. The van der Waals surface area contributed by atoms with Gasteiger partial charge in [-0.05, 0) is 6.92 Å². The zero-order chi connectivity index (χ0) is 11.5. The first-order valence-corrected chi connectivity index (χ1v) is 5.87. The summed E-state index contributed by atoms with van der Waals surface area (Å²) in [5, 5.41) is 2.55. The second-order valence-electron chi connectivity index (χ2n) is 3.55. The average Bonchev–Trinajstić information content (AvgIpc) is 2.78. The summed E-state index contributed by atoms with van der Waals surface area (Å²) in [6.45, 7) is 1.86. The van der Waals surface area contributed by atoms with Gasteiger partial charge in [0.15, 0.2) is 0 Å². The largest absolute Gasteiger partial charge is 0.322 e. The van der Waals surface area contributed by atoms with Gasteiger partial charge in [0.2, 0.25) is 5.78 Å². The molecule has 0 bridgehead atoms. The predicted molar refractivity (Wildman–Crippen MR) is 64.6 cm³/mol. The molecular weight excluding hydrogens is 220 g/mol. The number of aromatic nitrogens is 1. The molecule has 0 aliphatic carbocycles. The molecule has 0 saturated carbocycles. The monoisotopic (exact) mass is 232 g/mol. The summed E-state index contributed by atoms with van der Waals surface area (Å²) in [6.07, 6.45) is 0. The van der Waals surface area contributed by atoms with Gasteiger partial charge in [-0.15, -0.1) is 11.3 Å². The highest BCUT2D eigenvalue weighted by molar-refractivity contribution is 7.09. The van der Waals surface area contributed by atoms with Crippen molar-refractivity contribution in [1.29, 1.82) is 0 Å². The van der Waals surface area contributed by atoms with Gasteiger partial charge in [0, 0.05) is 10.9 Å². The van der Waals surface area contributed by atoms with Crippen LogP contribution < -0.4 is 5.73 Å². The first-order valence-electron chi connectivity index (χ1n) is 4.99. The molecule has 1 aromatic heterocycles. The minimum atomic E-state index is -0.123. The number of benzene rings is 1. The summed E-state index contributed by atoms with van der Waals surface area (Å²) in [4.78, 5) is 16.2. The topological polar surface area (TPSA) is 56.0 Å². The molecule has 2 N–H and O–H groups in total. The summed E-state index contributed by atoms with van der Waals surface area (Å²) in [5.41, 5.74) is 6.83. The fraction of sp³-hybridized carbons (Fsp3) is 0.167. The van der Waals surface area contributed by atoms with Gasteiger partial charge in [-0.3, -0.25) is 4.79 Å². The standard InChI is InChI=1S/C12H12N2OS/c1-8(13)12-14-10(7-16-12)11(15)9-5-3-2-4-6-9/h2-8H,13H2,1H3. The fourth-order valence-corrected chi connectivity index (χ4v) is 2.10. The van der Waals surface area contributed by atoms with E-state index in [1.807, 2.05) is 25.1 Å². The molecule has 1 atom stereocenters. The smallest absolute Gasteiger partial charge is 0.212 e. The highest BCUT2D eigenvalue weighted by atomic mass is 32.1. The Bertz CT molecular complexity index is 491. The maximum atomic E-state index is 12.0. The van der Waals surface area contributed by atoms with Gasteiger partial charge >= 0.3 is 0 Å². The van der Waals surface area contributed by atoms with Crippen molar-refractivity contribution in [2.75, 3.05) is 0 Å². The van der Waals surface area contributed by atoms with E-state index in [2.05, 4.69) is 4.98 Å². The van der Waals surface area contributed by atoms with E-state index in [4.69, 9.17) is 5.73 Å². The zero-order valence-corrected chi connectivity index (χ0v) is 9.70. The summed E-state index contributed by atoms with van der Waals surface area (Å²) in [5.74, 6) is -0.0521. The lowest BCUT2D eigenvalue weighted by Crippen LogP contribution is -2.06. The SMILES string of the molecule is CC(N)c1nc(C(=O)c2ccccc2)cs1. The van der Waals surface area contributed by atoms with Crippen molar-refractivity contribution in [3.05, 3.63) is 52.0 Å². The van der Waals surface area contributed by atoms with Crippen LogP contribution in [-0.2, 0) is 0 Å². The highest BCUT2D eigenvalue weighted by Crippen LogP contribution is 2.18. The maximum absolute atomic E-state index is 12.0. The van der Waals surface area contributed by atoms with Crippen molar-refractivity contribution in [1.82, 2.24) is 4.98 Å². The van der Waals surface area contributed by atoms with Crippen LogP contribution in [0.1, 0.15) is 34.0 Å². The molecule has 16 heavy (non-hydrogen) atoms. The maximum Gasteiger partial charge on any atom is 0.212 e. The molecule has 3 nitrogen and oxygen atoms in total. The lowest BCUT2D eigenvalue weighted by Gasteiger charge is -1.98. The van der Waals surface area contributed by atoms with E-state index >= 15 is 0 Å². The molecular formula is C12H12N2OS. The Morgan fingerprint density at radius 2 is 2.06 bits per heavy atom. The molecule has 2 aromatic rings. The summed E-state index contributed by atoms with van der Waals surface area (Å²) >= 11 is 1.42. The van der Waals surface area contributed by atoms with Gasteiger partial charge in [-0.25, -0.2) is 4.98 Å². The molecule has 1 unspecified atom stereocenters. The Labute approximate surface area is 97.9 Å². The molecule has 0 fully saturated rings. The van der Waals surface area contributed by atoms with Crippen LogP contribution in [-0.4, -0.2) is 10.8 Å². The van der Waals surface area contributed by atoms with Crippen molar-refractivity contribution in [3.8, 4) is 0 Å². The zero-order valence-electron chi connectivity index (χ0n) is 8.88. The summed E-state index contributed by atoms with van der Waals surface area (Å²) in [6, 6.07) is 9.01. The van der Waals surface area contributed by atoms with Crippen LogP contribution in [0.25, 0.3) is 0 Å². The lowest BCUT2D eigenvalue weighted by atomic mass is 10.1. The van der Waals surface area contributed by atoms with E-state index in [0.29, 0.717) is 11.3 Å². The minimum absolute atomic E-state index is 0.0521. The molecule has 0 radical (unpaired) electrons. The van der Waals surface area contributed by atoms with Crippen molar-refractivity contribution in [3.63, 3.8) is 0 Å². The lowest BCUT2D eigenvalue weighted by molar-refractivity contribution is 0.103. The van der Waals surface area contributed by atoms with Crippen LogP contribution in [0.4, 0.5) is 0 Å². The van der Waals surface area contributed by atoms with Crippen LogP contribution >= 0.6 is 11.3 Å². The third-order valence-electron chi connectivity index (χ3n) is 2.18. The predicted octanol–water partition coefficient (Wildman–Crippen LogP) is 2.39. The third kappa shape index (κ3) is 2.18. The van der Waals surface area contributed by atoms with E-state index in [0.717, 1.165) is 5.01 Å². The second kappa shape index (κ2) is 4.55. The Balaban J connectivity index is 2.28. The fourth-order valence-electron chi connectivity index (χ4n) is 1.34. The first kappa shape index (κ1) is 11.0. The molecule has 0 saturated heterocycles. The number of nitrogens with zero attached hydrogens (tertiary/aromatic N) is 1. The number of ketones is 1. The quantitative estimate of drug-likeness (QED) is 0.827. The van der Waals surface area contributed by atoms with E-state index < -0.39 is 0 Å². The molecule has 1 heterocycles. The molecule has 0 aliphatic heterocycles. The van der Waals surface area contributed by atoms with Gasteiger partial charge in [0.1, 0.15) is 10.7 Å². The van der Waals surface area contributed by atoms with Gasteiger partial charge < -0.3 is 5.73 Å². The summed E-state index contributed by atoms with van der Waals surface area (Å²) < 4.78 is 0. The Hall–Kier alpha value is -1.52. The molecule has 0 aliphatic rings. The molecule has 0 spiro atoms. The van der Waals surface area contributed by atoms with Crippen LogP contribution in [0.2, 0.25) is 0 Å². The normalized spacial score (nSPS) is 12.4. The Morgan fingerprint density at radius 1 is 1.38 bits per heavy atom. The molecule has 1 aromatic carbocycles. The summed E-state index contributed by atoms with van der Waals surface area (Å²) in [7, 11) is 0. The van der Waals surface area contributed by atoms with Crippen LogP contribution in [0.5, 0.6) is 0 Å². The number of hydrogen-bond acceptors (Lipinski definition) is 4. The van der Waals surface area contributed by atoms with E-state index in [1.165, 1.54) is 11.3 Å². The molecule has 4 heteroatoms. The number of thiazole rings is 1. The van der Waals surface area contributed by atoms with Gasteiger partial charge in [-0.1, -0.05) is 30.3 Å². The van der Waals surface area contributed by atoms with Crippen LogP contribution in [0.15, 0.2) is 35.7 Å². The van der Waals surface area contributed by atoms with Crippen molar-refractivity contribution in [2.45, 2.75) is 13.0 Å². The third-order valence-corrected chi connectivity index (χ3v) is 3.23. The number of carbonyl (C=O) groups excluding carboxylic acids is 1. The van der Waals surface area contributed by atoms with Gasteiger partial charge in [0.25, 0.3) is 0 Å². The first-order chi connectivity index (χ1) is 7.68. The average molecular weight is 232 g/mol. The Kier molecular flexibility index (Phi) is 3.12. The number of nitrogens with two attached hydrogens (primary N) is 1. The van der Waals surface area contributed by atoms with E-state index in [1.54, 1.807) is 17.5 Å². The second-order valence-corrected chi connectivity index (χ2v) is 4.44. The molecule has 2 rings (SSSR count). The highest BCUT2D eigenvalue weighted by Gasteiger charge is 2.13. The van der Waals surface area contributed by atoms with Crippen molar-refractivity contribution < 1.29 is 4.79 Å². The number of rotatable bonds is 3. The minimum Gasteiger partial charge on any atom is -0.322 e. The molecule has 0 amide bonds. The number of hydrogen-bond donors (Lipinski definition) is 1. The van der Waals surface area contributed by atoms with Gasteiger partial charge in [0.05, 0.1) is 6.04 Å². The van der Waals surface area contributed by atoms with Crippen LogP contribution in [0.3, 0.4) is 0 Å². The molecule has 82 valence electrons. The van der Waals surface area contributed by atoms with Crippen molar-refractivity contribution in [2.24, 2.45) is 5.73 Å². The Morgan fingerprint density at radius 3 is 2.62 bits per heavy atom. The van der Waals surface area contributed by atoms with Gasteiger partial charge in [-0.2, -0.15) is 0 Å². The van der Waals surface area contributed by atoms with E-state index in [9.17, 15) is 4.79 Å².